The van der Waals surface area contributed by atoms with Crippen LogP contribution >= 0.6 is 23.2 Å². The lowest BCUT2D eigenvalue weighted by molar-refractivity contribution is -0.119. The molecule has 0 radical (unpaired) electrons. The molecule has 154 valence electrons. The number of amides is 3. The Hall–Kier alpha value is -3.43. The summed E-state index contributed by atoms with van der Waals surface area (Å²) in [5.74, 6) is -1.37. The van der Waals surface area contributed by atoms with E-state index in [0.717, 1.165) is 0 Å². The van der Waals surface area contributed by atoms with Crippen molar-refractivity contribution >= 4 is 46.6 Å². The van der Waals surface area contributed by atoms with Crippen molar-refractivity contribution in [3.8, 4) is 5.82 Å². The first kappa shape index (κ1) is 21.3. The summed E-state index contributed by atoms with van der Waals surface area (Å²) in [6.45, 7) is 2.93. The maximum Gasteiger partial charge on any atom is 0.274 e. The van der Waals surface area contributed by atoms with Crippen LogP contribution in [0.15, 0.2) is 42.7 Å². The Bertz CT molecular complexity index is 1150. The predicted molar refractivity (Wildman–Crippen MR) is 112 cm³/mol. The van der Waals surface area contributed by atoms with E-state index in [-0.39, 0.29) is 22.8 Å². The predicted octanol–water partition coefficient (Wildman–Crippen LogP) is 2.92. The first-order valence-corrected chi connectivity index (χ1v) is 9.37. The Balaban J connectivity index is 1.95. The van der Waals surface area contributed by atoms with Gasteiger partial charge in [-0.05, 0) is 42.8 Å². The molecule has 3 aromatic rings. The Morgan fingerprint density at radius 1 is 1.03 bits per heavy atom. The minimum absolute atomic E-state index is 0.0732. The standard InChI is InChI=1S/C19H16Cl2N6O3/c1-10-8-12(20)9-13(18(29)26-25-11(2)28)16(10)24-19(30)15-5-7-23-27(15)17-14(21)4-3-6-22-17/h3-9H,1-2H3,(H,24,30)(H,25,28)(H,26,29). The lowest BCUT2D eigenvalue weighted by atomic mass is 10.1. The minimum atomic E-state index is -0.646. The summed E-state index contributed by atoms with van der Waals surface area (Å²) >= 11 is 12.2. The van der Waals surface area contributed by atoms with Crippen molar-refractivity contribution in [1.29, 1.82) is 0 Å². The normalized spacial score (nSPS) is 10.4. The number of aryl methyl sites for hydroxylation is 1. The number of hydrogen-bond acceptors (Lipinski definition) is 5. The second-order valence-corrected chi connectivity index (χ2v) is 7.02. The van der Waals surface area contributed by atoms with E-state index in [1.807, 2.05) is 0 Å². The van der Waals surface area contributed by atoms with Crippen molar-refractivity contribution in [3.05, 3.63) is 69.6 Å². The topological polar surface area (TPSA) is 118 Å². The molecule has 9 nitrogen and oxygen atoms in total. The fourth-order valence-electron chi connectivity index (χ4n) is 2.66. The van der Waals surface area contributed by atoms with E-state index in [1.54, 1.807) is 25.1 Å². The number of carbonyl (C=O) groups excluding carboxylic acids is 3. The van der Waals surface area contributed by atoms with Crippen molar-refractivity contribution in [2.24, 2.45) is 0 Å². The molecule has 11 heteroatoms. The van der Waals surface area contributed by atoms with Crippen molar-refractivity contribution in [2.45, 2.75) is 13.8 Å². The number of anilines is 1. The van der Waals surface area contributed by atoms with Gasteiger partial charge < -0.3 is 5.32 Å². The summed E-state index contributed by atoms with van der Waals surface area (Å²) in [7, 11) is 0. The van der Waals surface area contributed by atoms with Crippen LogP contribution in [0.3, 0.4) is 0 Å². The number of nitrogens with one attached hydrogen (secondary N) is 3. The molecule has 0 spiro atoms. The van der Waals surface area contributed by atoms with Crippen molar-refractivity contribution < 1.29 is 14.4 Å². The highest BCUT2D eigenvalue weighted by Crippen LogP contribution is 2.27. The monoisotopic (exact) mass is 446 g/mol. The number of nitrogens with zero attached hydrogens (tertiary/aromatic N) is 3. The molecule has 2 heterocycles. The van der Waals surface area contributed by atoms with E-state index in [9.17, 15) is 14.4 Å². The highest BCUT2D eigenvalue weighted by Gasteiger charge is 2.21. The molecular weight excluding hydrogens is 431 g/mol. The Morgan fingerprint density at radius 3 is 2.50 bits per heavy atom. The van der Waals surface area contributed by atoms with Crippen LogP contribution < -0.4 is 16.2 Å². The van der Waals surface area contributed by atoms with Gasteiger partial charge in [-0.2, -0.15) is 5.10 Å². The molecule has 0 unspecified atom stereocenters. The van der Waals surface area contributed by atoms with Crippen LogP contribution in [0.1, 0.15) is 33.3 Å². The van der Waals surface area contributed by atoms with E-state index in [2.05, 4.69) is 26.3 Å². The molecule has 0 aliphatic heterocycles. The first-order valence-electron chi connectivity index (χ1n) is 8.61. The molecular formula is C19H16Cl2N6O3. The SMILES string of the molecule is CC(=O)NNC(=O)c1cc(Cl)cc(C)c1NC(=O)c1ccnn1-c1ncccc1Cl. The van der Waals surface area contributed by atoms with Crippen LogP contribution in [0.25, 0.3) is 5.82 Å². The van der Waals surface area contributed by atoms with Crippen molar-refractivity contribution in [1.82, 2.24) is 25.6 Å². The van der Waals surface area contributed by atoms with Crippen molar-refractivity contribution in [3.63, 3.8) is 0 Å². The molecule has 0 saturated carbocycles. The second kappa shape index (κ2) is 8.93. The van der Waals surface area contributed by atoms with Gasteiger partial charge in [0.05, 0.1) is 22.5 Å². The molecule has 2 aromatic heterocycles. The van der Waals surface area contributed by atoms with Crippen LogP contribution in [0.4, 0.5) is 5.69 Å². The molecule has 3 amide bonds. The molecule has 3 rings (SSSR count). The van der Waals surface area contributed by atoms with Crippen molar-refractivity contribution in [2.75, 3.05) is 5.32 Å². The van der Waals surface area contributed by atoms with Crippen LogP contribution in [0, 0.1) is 6.92 Å². The molecule has 3 N–H and O–H groups in total. The van der Waals surface area contributed by atoms with E-state index in [0.29, 0.717) is 15.6 Å². The maximum atomic E-state index is 13.0. The number of halogens is 2. The number of carbonyl (C=O) groups is 3. The summed E-state index contributed by atoms with van der Waals surface area (Å²) in [6, 6.07) is 7.75. The van der Waals surface area contributed by atoms with Gasteiger partial charge in [-0.1, -0.05) is 23.2 Å². The van der Waals surface area contributed by atoms with Gasteiger partial charge in [0.15, 0.2) is 5.82 Å². The fourth-order valence-corrected chi connectivity index (χ4v) is 3.13. The molecule has 0 bridgehead atoms. The molecule has 0 aliphatic rings. The van der Waals surface area contributed by atoms with E-state index in [1.165, 1.54) is 36.1 Å². The molecule has 0 fully saturated rings. The zero-order valence-electron chi connectivity index (χ0n) is 15.9. The molecule has 0 atom stereocenters. The van der Waals surface area contributed by atoms with E-state index < -0.39 is 17.7 Å². The van der Waals surface area contributed by atoms with Gasteiger partial charge >= 0.3 is 0 Å². The number of rotatable bonds is 4. The Morgan fingerprint density at radius 2 is 1.80 bits per heavy atom. The number of pyridine rings is 1. The average molecular weight is 447 g/mol. The largest absolute Gasteiger partial charge is 0.320 e. The Labute approximate surface area is 181 Å². The van der Waals surface area contributed by atoms with Gasteiger partial charge in [-0.3, -0.25) is 25.2 Å². The highest BCUT2D eigenvalue weighted by atomic mass is 35.5. The van der Waals surface area contributed by atoms with E-state index in [4.69, 9.17) is 23.2 Å². The molecule has 1 aromatic carbocycles. The zero-order valence-corrected chi connectivity index (χ0v) is 17.4. The quantitative estimate of drug-likeness (QED) is 0.532. The third kappa shape index (κ3) is 4.58. The molecule has 0 aliphatic carbocycles. The first-order chi connectivity index (χ1) is 14.3. The lowest BCUT2D eigenvalue weighted by Gasteiger charge is -2.15. The summed E-state index contributed by atoms with van der Waals surface area (Å²) in [5.41, 5.74) is 5.45. The van der Waals surface area contributed by atoms with Crippen LogP contribution in [-0.4, -0.2) is 32.5 Å². The minimum Gasteiger partial charge on any atom is -0.320 e. The number of aromatic nitrogens is 3. The van der Waals surface area contributed by atoms with Gasteiger partial charge in [-0.25, -0.2) is 9.67 Å². The molecule has 0 saturated heterocycles. The number of benzene rings is 1. The summed E-state index contributed by atoms with van der Waals surface area (Å²) < 4.78 is 1.29. The third-order valence-corrected chi connectivity index (χ3v) is 4.46. The summed E-state index contributed by atoms with van der Waals surface area (Å²) in [4.78, 5) is 40.7. The number of hydrogen-bond donors (Lipinski definition) is 3. The second-order valence-electron chi connectivity index (χ2n) is 6.17. The van der Waals surface area contributed by atoms with Gasteiger partial charge in [-0.15, -0.1) is 0 Å². The maximum absolute atomic E-state index is 13.0. The highest BCUT2D eigenvalue weighted by molar-refractivity contribution is 6.32. The van der Waals surface area contributed by atoms with Gasteiger partial charge in [0.2, 0.25) is 5.91 Å². The Kier molecular flexibility index (Phi) is 6.34. The van der Waals surface area contributed by atoms with Crippen LogP contribution in [-0.2, 0) is 4.79 Å². The zero-order chi connectivity index (χ0) is 21.8. The van der Waals surface area contributed by atoms with Crippen LogP contribution in [0.2, 0.25) is 10.0 Å². The van der Waals surface area contributed by atoms with Gasteiger partial charge in [0, 0.05) is 18.1 Å². The summed E-state index contributed by atoms with van der Waals surface area (Å²) in [6.07, 6.45) is 2.96. The number of hydrazine groups is 1. The smallest absolute Gasteiger partial charge is 0.274 e. The van der Waals surface area contributed by atoms with Gasteiger partial charge in [0.1, 0.15) is 5.69 Å². The van der Waals surface area contributed by atoms with E-state index >= 15 is 0 Å². The van der Waals surface area contributed by atoms with Gasteiger partial charge in [0.25, 0.3) is 11.8 Å². The average Bonchev–Trinajstić information content (AvgIpc) is 3.18. The van der Waals surface area contributed by atoms with Crippen LogP contribution in [0.5, 0.6) is 0 Å². The third-order valence-electron chi connectivity index (χ3n) is 3.95. The molecule has 30 heavy (non-hydrogen) atoms. The fraction of sp³-hybridized carbons (Fsp3) is 0.105. The lowest BCUT2D eigenvalue weighted by Crippen LogP contribution is -2.40. The summed E-state index contributed by atoms with van der Waals surface area (Å²) in [5, 5.41) is 7.43.